The third-order valence-corrected chi connectivity index (χ3v) is 5.71. The number of ketones is 1. The van der Waals surface area contributed by atoms with Gasteiger partial charge in [-0.1, -0.05) is 23.7 Å². The van der Waals surface area contributed by atoms with Crippen LogP contribution in [0.5, 0.6) is 0 Å². The summed E-state index contributed by atoms with van der Waals surface area (Å²) in [4.78, 5) is 23.6. The van der Waals surface area contributed by atoms with E-state index in [9.17, 15) is 19.1 Å². The molecule has 1 aliphatic rings. The highest BCUT2D eigenvalue weighted by atomic mass is 35.5. The van der Waals surface area contributed by atoms with Gasteiger partial charge in [0.15, 0.2) is 5.78 Å². The average Bonchev–Trinajstić information content (AvgIpc) is 3.16. The average molecular weight is 402 g/mol. The molecule has 144 valence electrons. The Morgan fingerprint density at radius 2 is 2.04 bits per heavy atom. The lowest BCUT2D eigenvalue weighted by molar-refractivity contribution is -0.137. The lowest BCUT2D eigenvalue weighted by Crippen LogP contribution is -2.12. The Morgan fingerprint density at radius 3 is 2.68 bits per heavy atom. The van der Waals surface area contributed by atoms with Crippen LogP contribution in [0, 0.1) is 5.82 Å². The predicted molar refractivity (Wildman–Crippen MR) is 106 cm³/mol. The van der Waals surface area contributed by atoms with Gasteiger partial charge < -0.3 is 9.67 Å². The van der Waals surface area contributed by atoms with Crippen LogP contribution >= 0.6 is 11.6 Å². The normalized spacial score (nSPS) is 15.8. The van der Waals surface area contributed by atoms with Gasteiger partial charge >= 0.3 is 5.97 Å². The molecular formula is C22H19ClFNO3. The third kappa shape index (κ3) is 3.20. The van der Waals surface area contributed by atoms with Crippen molar-refractivity contribution in [3.8, 4) is 0 Å². The van der Waals surface area contributed by atoms with E-state index in [1.807, 2.05) is 16.7 Å². The second kappa shape index (κ2) is 7.06. The van der Waals surface area contributed by atoms with E-state index in [1.165, 1.54) is 19.1 Å². The standard InChI is InChI=1S/C22H19ClFNO3/c1-12(26)18-9-16(24)10-19-17-7-4-14(8-20(27)28)21(17)25(22(18)19)11-13-2-5-15(23)6-3-13/h2-3,5-6,9-10,14H,4,7-8,11H2,1H3,(H,27,28)/t14-/m1/s1/i20+2. The topological polar surface area (TPSA) is 59.3 Å². The minimum atomic E-state index is -0.862. The van der Waals surface area contributed by atoms with E-state index < -0.39 is 11.8 Å². The monoisotopic (exact) mass is 401 g/mol. The highest BCUT2D eigenvalue weighted by Gasteiger charge is 2.32. The number of Topliss-reactive ketones (excluding diaryl/α,β-unsaturated/α-hetero) is 1. The molecule has 1 aromatic heterocycles. The Hall–Kier alpha value is -2.66. The van der Waals surface area contributed by atoms with Crippen molar-refractivity contribution in [2.24, 2.45) is 0 Å². The van der Waals surface area contributed by atoms with Gasteiger partial charge in [0.05, 0.1) is 11.9 Å². The number of rotatable bonds is 5. The van der Waals surface area contributed by atoms with E-state index in [1.54, 1.807) is 12.1 Å². The number of carbonyl (C=O) groups is 2. The largest absolute Gasteiger partial charge is 0.481 e. The molecular weight excluding hydrogens is 383 g/mol. The SMILES string of the molecule is CC(=O)c1cc(F)cc2c3c(n(Cc4ccc(Cl)cc4)c12)[C@@H](C[14C](=O)O)CC3. The first-order chi connectivity index (χ1) is 13.3. The van der Waals surface area contributed by atoms with E-state index >= 15 is 0 Å². The molecule has 28 heavy (non-hydrogen) atoms. The highest BCUT2D eigenvalue weighted by Crippen LogP contribution is 2.43. The van der Waals surface area contributed by atoms with Crippen molar-refractivity contribution >= 4 is 34.3 Å². The summed E-state index contributed by atoms with van der Waals surface area (Å²) in [6.45, 7) is 1.89. The van der Waals surface area contributed by atoms with Crippen LogP contribution in [-0.2, 0) is 17.8 Å². The van der Waals surface area contributed by atoms with E-state index in [2.05, 4.69) is 0 Å². The van der Waals surface area contributed by atoms with Crippen LogP contribution in [0.25, 0.3) is 10.9 Å². The van der Waals surface area contributed by atoms with Gasteiger partial charge in [-0.05, 0) is 55.2 Å². The fourth-order valence-corrected chi connectivity index (χ4v) is 4.47. The zero-order chi connectivity index (χ0) is 20.0. The molecule has 1 aliphatic carbocycles. The minimum Gasteiger partial charge on any atom is -0.481 e. The quantitative estimate of drug-likeness (QED) is 0.598. The number of aryl methyl sites for hydroxylation is 1. The third-order valence-electron chi connectivity index (χ3n) is 5.45. The van der Waals surface area contributed by atoms with E-state index in [0.717, 1.165) is 16.8 Å². The molecule has 3 aromatic rings. The van der Waals surface area contributed by atoms with Crippen molar-refractivity contribution < 1.29 is 19.1 Å². The molecule has 0 aliphatic heterocycles. The molecule has 1 N–H and O–H groups in total. The number of carboxylic acids is 1. The number of aliphatic carboxylic acids is 1. The van der Waals surface area contributed by atoms with Gasteiger partial charge in [0.25, 0.3) is 0 Å². The molecule has 0 bridgehead atoms. The molecule has 0 spiro atoms. The van der Waals surface area contributed by atoms with Crippen molar-refractivity contribution in [1.82, 2.24) is 4.57 Å². The fourth-order valence-electron chi connectivity index (χ4n) is 4.34. The predicted octanol–water partition coefficient (Wildman–Crippen LogP) is 5.19. The van der Waals surface area contributed by atoms with Crippen molar-refractivity contribution in [3.63, 3.8) is 0 Å². The molecule has 0 radical (unpaired) electrons. The Balaban J connectivity index is 1.97. The van der Waals surface area contributed by atoms with Crippen LogP contribution in [0.1, 0.15) is 52.9 Å². The molecule has 2 aromatic carbocycles. The van der Waals surface area contributed by atoms with Crippen molar-refractivity contribution in [2.45, 2.75) is 38.6 Å². The summed E-state index contributed by atoms with van der Waals surface area (Å²) in [5.74, 6) is -1.69. The second-order valence-electron chi connectivity index (χ2n) is 7.32. The Labute approximate surface area is 166 Å². The molecule has 4 rings (SSSR count). The molecule has 0 saturated carbocycles. The highest BCUT2D eigenvalue weighted by molar-refractivity contribution is 6.30. The lowest BCUT2D eigenvalue weighted by atomic mass is 10.0. The summed E-state index contributed by atoms with van der Waals surface area (Å²) in [6.07, 6.45) is 1.40. The number of nitrogens with zero attached hydrogens (tertiary/aromatic N) is 1. The summed E-state index contributed by atoms with van der Waals surface area (Å²) < 4.78 is 16.2. The first-order valence-electron chi connectivity index (χ1n) is 9.17. The molecule has 1 atom stereocenters. The fraction of sp³-hybridized carbons (Fsp3) is 0.273. The van der Waals surface area contributed by atoms with Crippen molar-refractivity contribution in [3.05, 3.63) is 69.6 Å². The molecule has 0 fully saturated rings. The van der Waals surface area contributed by atoms with Crippen LogP contribution in [0.3, 0.4) is 0 Å². The Kier molecular flexibility index (Phi) is 4.71. The van der Waals surface area contributed by atoms with Crippen molar-refractivity contribution in [2.75, 3.05) is 0 Å². The number of carboxylic acid groups (broad SMARTS) is 1. The first-order valence-corrected chi connectivity index (χ1v) is 9.54. The number of halogens is 2. The number of hydrogen-bond donors (Lipinski definition) is 1. The van der Waals surface area contributed by atoms with E-state index in [0.29, 0.717) is 40.9 Å². The molecule has 0 unspecified atom stereocenters. The van der Waals surface area contributed by atoms with Gasteiger partial charge in [-0.25, -0.2) is 4.39 Å². The smallest absolute Gasteiger partial charge is 0.304 e. The first kappa shape index (κ1) is 18.7. The molecule has 1 heterocycles. The second-order valence-corrected chi connectivity index (χ2v) is 7.75. The zero-order valence-corrected chi connectivity index (χ0v) is 16.1. The van der Waals surface area contributed by atoms with Gasteiger partial charge in [0.1, 0.15) is 5.82 Å². The number of benzene rings is 2. The Bertz CT molecular complexity index is 1100. The molecule has 4 nitrogen and oxygen atoms in total. The summed E-state index contributed by atoms with van der Waals surface area (Å²) in [5.41, 5.74) is 3.85. The van der Waals surface area contributed by atoms with Crippen LogP contribution in [0.15, 0.2) is 36.4 Å². The zero-order valence-electron chi connectivity index (χ0n) is 15.3. The van der Waals surface area contributed by atoms with Gasteiger partial charge in [0, 0.05) is 34.1 Å². The number of hydrogen-bond acceptors (Lipinski definition) is 2. The summed E-state index contributed by atoms with van der Waals surface area (Å²) in [6, 6.07) is 10.1. The maximum absolute atomic E-state index is 14.2. The van der Waals surface area contributed by atoms with Gasteiger partial charge in [-0.2, -0.15) is 0 Å². The molecule has 0 amide bonds. The maximum atomic E-state index is 14.2. The van der Waals surface area contributed by atoms with Gasteiger partial charge in [-0.15, -0.1) is 0 Å². The number of aromatic nitrogens is 1. The van der Waals surface area contributed by atoms with Crippen molar-refractivity contribution in [1.29, 1.82) is 0 Å². The molecule has 0 saturated heterocycles. The van der Waals surface area contributed by atoms with Crippen LogP contribution in [0.2, 0.25) is 5.02 Å². The van der Waals surface area contributed by atoms with Crippen LogP contribution in [-0.4, -0.2) is 21.4 Å². The van der Waals surface area contributed by atoms with Gasteiger partial charge in [-0.3, -0.25) is 9.59 Å². The van der Waals surface area contributed by atoms with E-state index in [-0.39, 0.29) is 18.1 Å². The maximum Gasteiger partial charge on any atom is 0.304 e. The summed E-state index contributed by atoms with van der Waals surface area (Å²) in [5, 5.41) is 10.7. The van der Waals surface area contributed by atoms with Crippen LogP contribution in [0.4, 0.5) is 4.39 Å². The summed E-state index contributed by atoms with van der Waals surface area (Å²) in [7, 11) is 0. The molecule has 6 heteroatoms. The number of carbonyl (C=O) groups excluding carboxylic acids is 1. The van der Waals surface area contributed by atoms with Gasteiger partial charge in [0.2, 0.25) is 0 Å². The van der Waals surface area contributed by atoms with Crippen LogP contribution < -0.4 is 0 Å². The number of fused-ring (bicyclic) bond motifs is 3. The lowest BCUT2D eigenvalue weighted by Gasteiger charge is -2.17. The summed E-state index contributed by atoms with van der Waals surface area (Å²) >= 11 is 5.99. The Morgan fingerprint density at radius 1 is 1.32 bits per heavy atom. The minimum absolute atomic E-state index is 0.0157. The van der Waals surface area contributed by atoms with E-state index in [4.69, 9.17) is 11.6 Å².